The number of amides is 1. The first kappa shape index (κ1) is 19.4. The Morgan fingerprint density at radius 2 is 1.79 bits per heavy atom. The Hall–Kier alpha value is -3.35. The minimum absolute atomic E-state index is 0.320. The number of nitrogens with zero attached hydrogens (tertiary/aromatic N) is 2. The number of anilines is 1. The number of ether oxygens (including phenoxy) is 2. The minimum Gasteiger partial charge on any atom is -0.490 e. The van der Waals surface area contributed by atoms with E-state index in [4.69, 9.17) is 9.47 Å². The van der Waals surface area contributed by atoms with E-state index in [1.807, 2.05) is 32.0 Å². The van der Waals surface area contributed by atoms with Gasteiger partial charge in [-0.25, -0.2) is 4.39 Å². The molecule has 2 aromatic carbocycles. The molecule has 0 aliphatic carbocycles. The average Bonchev–Trinajstić information content (AvgIpc) is 3.11. The van der Waals surface area contributed by atoms with Gasteiger partial charge in [-0.05, 0) is 55.8 Å². The molecule has 1 heterocycles. The van der Waals surface area contributed by atoms with Crippen LogP contribution in [0.25, 0.3) is 0 Å². The van der Waals surface area contributed by atoms with E-state index in [0.29, 0.717) is 42.5 Å². The molecule has 146 valence electrons. The summed E-state index contributed by atoms with van der Waals surface area (Å²) in [5.41, 5.74) is 1.93. The highest BCUT2D eigenvalue weighted by molar-refractivity contribution is 6.04. The Labute approximate surface area is 162 Å². The molecule has 0 fully saturated rings. The van der Waals surface area contributed by atoms with Gasteiger partial charge in [0.2, 0.25) is 0 Å². The van der Waals surface area contributed by atoms with Gasteiger partial charge in [0.15, 0.2) is 11.5 Å². The lowest BCUT2D eigenvalue weighted by Crippen LogP contribution is -2.11. The predicted molar refractivity (Wildman–Crippen MR) is 104 cm³/mol. The molecule has 0 aliphatic heterocycles. The number of carbonyl (C=O) groups is 1. The van der Waals surface area contributed by atoms with Crippen LogP contribution in [0.4, 0.5) is 10.1 Å². The van der Waals surface area contributed by atoms with Crippen LogP contribution < -0.4 is 14.8 Å². The van der Waals surface area contributed by atoms with Crippen molar-refractivity contribution in [2.45, 2.75) is 20.4 Å². The quantitative estimate of drug-likeness (QED) is 0.635. The summed E-state index contributed by atoms with van der Waals surface area (Å²) >= 11 is 0. The molecule has 0 bridgehead atoms. The van der Waals surface area contributed by atoms with Gasteiger partial charge in [0, 0.05) is 11.8 Å². The Morgan fingerprint density at radius 3 is 2.50 bits per heavy atom. The molecule has 0 spiro atoms. The molecule has 0 atom stereocenters. The fourth-order valence-electron chi connectivity index (χ4n) is 2.70. The van der Waals surface area contributed by atoms with E-state index in [9.17, 15) is 9.18 Å². The molecule has 1 amide bonds. The van der Waals surface area contributed by atoms with Gasteiger partial charge in [-0.15, -0.1) is 0 Å². The fourth-order valence-corrected chi connectivity index (χ4v) is 2.70. The molecule has 0 saturated carbocycles. The number of carbonyl (C=O) groups excluding carboxylic acids is 1. The van der Waals surface area contributed by atoms with Crippen molar-refractivity contribution in [2.75, 3.05) is 18.5 Å². The van der Waals surface area contributed by atoms with Crippen molar-refractivity contribution >= 4 is 11.6 Å². The van der Waals surface area contributed by atoms with Crippen molar-refractivity contribution in [1.29, 1.82) is 0 Å². The molecule has 1 aromatic heterocycles. The number of halogens is 1. The number of rotatable bonds is 8. The molecule has 0 unspecified atom stereocenters. The van der Waals surface area contributed by atoms with E-state index in [-0.39, 0.29) is 11.7 Å². The van der Waals surface area contributed by atoms with Gasteiger partial charge in [0.05, 0.1) is 31.6 Å². The second-order valence-electron chi connectivity index (χ2n) is 6.03. The maximum absolute atomic E-state index is 13.0. The van der Waals surface area contributed by atoms with Crippen LogP contribution in [0.3, 0.4) is 0 Å². The summed E-state index contributed by atoms with van der Waals surface area (Å²) < 4.78 is 25.9. The summed E-state index contributed by atoms with van der Waals surface area (Å²) in [7, 11) is 0. The number of benzene rings is 2. The third-order valence-corrected chi connectivity index (χ3v) is 3.95. The summed E-state index contributed by atoms with van der Waals surface area (Å²) in [5, 5.41) is 7.03. The summed E-state index contributed by atoms with van der Waals surface area (Å²) in [6, 6.07) is 11.1. The van der Waals surface area contributed by atoms with Crippen molar-refractivity contribution in [3.63, 3.8) is 0 Å². The summed E-state index contributed by atoms with van der Waals surface area (Å²) in [6.45, 7) is 5.47. The van der Waals surface area contributed by atoms with E-state index in [1.54, 1.807) is 17.1 Å². The first-order valence-corrected chi connectivity index (χ1v) is 9.07. The fraction of sp³-hybridized carbons (Fsp3) is 0.238. The average molecular weight is 383 g/mol. The summed E-state index contributed by atoms with van der Waals surface area (Å²) in [5.74, 6) is 0.699. The van der Waals surface area contributed by atoms with Crippen LogP contribution in [0.5, 0.6) is 11.5 Å². The summed E-state index contributed by atoms with van der Waals surface area (Å²) in [6.07, 6.45) is 3.30. The van der Waals surface area contributed by atoms with Gasteiger partial charge in [0.1, 0.15) is 5.82 Å². The Morgan fingerprint density at radius 1 is 1.07 bits per heavy atom. The highest BCUT2D eigenvalue weighted by atomic mass is 19.1. The van der Waals surface area contributed by atoms with E-state index < -0.39 is 0 Å². The smallest absolute Gasteiger partial charge is 0.255 e. The van der Waals surface area contributed by atoms with Crippen LogP contribution in [-0.2, 0) is 6.54 Å². The van der Waals surface area contributed by atoms with Crippen LogP contribution in [0, 0.1) is 5.82 Å². The second kappa shape index (κ2) is 9.03. The molecular weight excluding hydrogens is 361 g/mol. The number of hydrogen-bond donors (Lipinski definition) is 1. The van der Waals surface area contributed by atoms with Gasteiger partial charge < -0.3 is 14.8 Å². The number of nitrogens with one attached hydrogen (secondary N) is 1. The topological polar surface area (TPSA) is 65.4 Å². The lowest BCUT2D eigenvalue weighted by molar-refractivity contribution is 0.102. The number of hydrogen-bond acceptors (Lipinski definition) is 4. The van der Waals surface area contributed by atoms with E-state index in [1.165, 1.54) is 24.3 Å². The van der Waals surface area contributed by atoms with Crippen LogP contribution >= 0.6 is 0 Å². The van der Waals surface area contributed by atoms with Crippen molar-refractivity contribution in [2.24, 2.45) is 0 Å². The monoisotopic (exact) mass is 383 g/mol. The van der Waals surface area contributed by atoms with Crippen LogP contribution in [-0.4, -0.2) is 28.9 Å². The molecule has 6 nitrogen and oxygen atoms in total. The van der Waals surface area contributed by atoms with E-state index in [0.717, 1.165) is 5.56 Å². The highest BCUT2D eigenvalue weighted by Gasteiger charge is 2.10. The van der Waals surface area contributed by atoms with E-state index >= 15 is 0 Å². The first-order chi connectivity index (χ1) is 13.6. The third-order valence-electron chi connectivity index (χ3n) is 3.95. The SMILES string of the molecule is CCOc1ccc(Cn2cc(NC(=O)c3ccc(F)cc3)cn2)cc1OCC. The minimum atomic E-state index is -0.383. The second-order valence-corrected chi connectivity index (χ2v) is 6.03. The Balaban J connectivity index is 1.68. The maximum atomic E-state index is 13.0. The highest BCUT2D eigenvalue weighted by Crippen LogP contribution is 2.29. The largest absolute Gasteiger partial charge is 0.490 e. The Kier molecular flexibility index (Phi) is 6.26. The molecule has 1 N–H and O–H groups in total. The lowest BCUT2D eigenvalue weighted by Gasteiger charge is -2.12. The molecule has 3 aromatic rings. The lowest BCUT2D eigenvalue weighted by atomic mass is 10.2. The molecule has 28 heavy (non-hydrogen) atoms. The molecule has 7 heteroatoms. The molecule has 0 aliphatic rings. The van der Waals surface area contributed by atoms with Gasteiger partial charge in [-0.2, -0.15) is 5.10 Å². The predicted octanol–water partition coefficient (Wildman–Crippen LogP) is 4.12. The third kappa shape index (κ3) is 4.88. The van der Waals surface area contributed by atoms with Gasteiger partial charge in [0.25, 0.3) is 5.91 Å². The summed E-state index contributed by atoms with van der Waals surface area (Å²) in [4.78, 5) is 12.2. The normalized spacial score (nSPS) is 10.5. The van der Waals surface area contributed by atoms with Crippen LogP contribution in [0.15, 0.2) is 54.9 Å². The zero-order valence-electron chi connectivity index (χ0n) is 15.8. The van der Waals surface area contributed by atoms with Gasteiger partial charge in [-0.1, -0.05) is 6.07 Å². The van der Waals surface area contributed by atoms with Crippen LogP contribution in [0.1, 0.15) is 29.8 Å². The standard InChI is InChI=1S/C21H22FN3O3/c1-3-27-19-10-5-15(11-20(19)28-4-2)13-25-14-18(12-23-25)24-21(26)16-6-8-17(22)9-7-16/h5-12,14H,3-4,13H2,1-2H3,(H,24,26). The number of aromatic nitrogens is 2. The van der Waals surface area contributed by atoms with E-state index in [2.05, 4.69) is 10.4 Å². The van der Waals surface area contributed by atoms with Crippen molar-refractivity contribution < 1.29 is 18.7 Å². The van der Waals surface area contributed by atoms with Crippen LogP contribution in [0.2, 0.25) is 0 Å². The van der Waals surface area contributed by atoms with Gasteiger partial charge in [-0.3, -0.25) is 9.48 Å². The molecule has 0 radical (unpaired) electrons. The first-order valence-electron chi connectivity index (χ1n) is 9.07. The molecule has 3 rings (SSSR count). The maximum Gasteiger partial charge on any atom is 0.255 e. The zero-order valence-corrected chi connectivity index (χ0v) is 15.8. The van der Waals surface area contributed by atoms with Crippen molar-refractivity contribution in [3.05, 3.63) is 71.8 Å². The Bertz CT molecular complexity index is 938. The molecule has 0 saturated heterocycles. The zero-order chi connectivity index (χ0) is 19.9. The van der Waals surface area contributed by atoms with Gasteiger partial charge >= 0.3 is 0 Å². The molecular formula is C21H22FN3O3. The van der Waals surface area contributed by atoms with Crippen molar-refractivity contribution in [3.8, 4) is 11.5 Å². The van der Waals surface area contributed by atoms with Crippen molar-refractivity contribution in [1.82, 2.24) is 9.78 Å².